The number of benzene rings is 2. The molecule has 4 rings (SSSR count). The van der Waals surface area contributed by atoms with E-state index in [1.165, 1.54) is 12.1 Å². The Labute approximate surface area is 149 Å². The second-order valence-electron chi connectivity index (χ2n) is 6.14. The van der Waals surface area contributed by atoms with Crippen LogP contribution in [-0.4, -0.2) is 24.7 Å². The van der Waals surface area contributed by atoms with Crippen molar-refractivity contribution in [2.45, 2.75) is 13.0 Å². The van der Waals surface area contributed by atoms with Gasteiger partial charge in [0.25, 0.3) is 0 Å². The molecule has 0 saturated heterocycles. The van der Waals surface area contributed by atoms with Gasteiger partial charge in [-0.05, 0) is 36.8 Å². The van der Waals surface area contributed by atoms with Gasteiger partial charge in [0.1, 0.15) is 11.5 Å². The molecule has 6 nitrogen and oxygen atoms in total. The molecule has 1 unspecified atom stereocenters. The van der Waals surface area contributed by atoms with Gasteiger partial charge in [0.05, 0.1) is 29.6 Å². The third-order valence-electron chi connectivity index (χ3n) is 4.30. The first-order valence-electron chi connectivity index (χ1n) is 8.23. The molecule has 0 bridgehead atoms. The summed E-state index contributed by atoms with van der Waals surface area (Å²) in [7, 11) is 1.95. The number of hydrogen-bond acceptors (Lipinski definition) is 5. The van der Waals surface area contributed by atoms with E-state index in [4.69, 9.17) is 0 Å². The van der Waals surface area contributed by atoms with Crippen molar-refractivity contribution in [3.05, 3.63) is 66.4 Å². The summed E-state index contributed by atoms with van der Waals surface area (Å²) < 4.78 is 15.0. The highest BCUT2D eigenvalue weighted by atomic mass is 19.1. The van der Waals surface area contributed by atoms with Crippen LogP contribution in [0.1, 0.15) is 18.5 Å². The molecule has 0 fully saturated rings. The van der Waals surface area contributed by atoms with Crippen LogP contribution in [0.5, 0.6) is 0 Å². The fourth-order valence-electron chi connectivity index (χ4n) is 2.79. The Morgan fingerprint density at radius 2 is 1.85 bits per heavy atom. The van der Waals surface area contributed by atoms with Crippen molar-refractivity contribution in [1.82, 2.24) is 24.7 Å². The van der Waals surface area contributed by atoms with E-state index in [0.717, 1.165) is 22.2 Å². The predicted octanol–water partition coefficient (Wildman–Crippen LogP) is 3.74. The zero-order valence-corrected chi connectivity index (χ0v) is 14.4. The monoisotopic (exact) mass is 348 g/mol. The number of hydrogen-bond donors (Lipinski definition) is 1. The second kappa shape index (κ2) is 6.51. The molecule has 0 radical (unpaired) electrons. The van der Waals surface area contributed by atoms with E-state index in [9.17, 15) is 4.39 Å². The van der Waals surface area contributed by atoms with Gasteiger partial charge in [0.2, 0.25) is 5.95 Å². The lowest BCUT2D eigenvalue weighted by Gasteiger charge is -2.13. The Morgan fingerprint density at radius 3 is 2.58 bits per heavy atom. The number of aryl methyl sites for hydroxylation is 1. The van der Waals surface area contributed by atoms with E-state index in [1.54, 1.807) is 24.7 Å². The van der Waals surface area contributed by atoms with Crippen LogP contribution in [0.15, 0.2) is 55.0 Å². The molecule has 1 N–H and O–H groups in total. The van der Waals surface area contributed by atoms with Crippen LogP contribution < -0.4 is 5.32 Å². The van der Waals surface area contributed by atoms with E-state index in [0.29, 0.717) is 11.6 Å². The first-order chi connectivity index (χ1) is 12.6. The lowest BCUT2D eigenvalue weighted by Crippen LogP contribution is -2.10. The average Bonchev–Trinajstić information content (AvgIpc) is 3.03. The van der Waals surface area contributed by atoms with Crippen molar-refractivity contribution in [3.63, 3.8) is 0 Å². The lowest BCUT2D eigenvalue weighted by molar-refractivity contribution is 0.626. The number of anilines is 1. The van der Waals surface area contributed by atoms with Gasteiger partial charge in [-0.25, -0.2) is 14.4 Å². The molecule has 1 atom stereocenters. The fourth-order valence-corrected chi connectivity index (χ4v) is 2.79. The lowest BCUT2D eigenvalue weighted by atomic mass is 10.1. The molecule has 0 aliphatic heterocycles. The van der Waals surface area contributed by atoms with Crippen LogP contribution in [-0.2, 0) is 7.05 Å². The summed E-state index contributed by atoms with van der Waals surface area (Å²) in [4.78, 5) is 8.66. The second-order valence-corrected chi connectivity index (χ2v) is 6.14. The maximum absolute atomic E-state index is 13.0. The van der Waals surface area contributed by atoms with Gasteiger partial charge in [-0.3, -0.25) is 0 Å². The Morgan fingerprint density at radius 1 is 1.04 bits per heavy atom. The number of rotatable bonds is 4. The summed E-state index contributed by atoms with van der Waals surface area (Å²) in [5.74, 6) is 0.167. The summed E-state index contributed by atoms with van der Waals surface area (Å²) in [5, 5.41) is 11.6. The maximum atomic E-state index is 13.0. The third kappa shape index (κ3) is 3.11. The van der Waals surface area contributed by atoms with Gasteiger partial charge in [0, 0.05) is 12.6 Å². The molecule has 4 aromatic rings. The van der Waals surface area contributed by atoms with Crippen molar-refractivity contribution in [3.8, 4) is 11.3 Å². The Bertz CT molecular complexity index is 1040. The third-order valence-corrected chi connectivity index (χ3v) is 4.30. The van der Waals surface area contributed by atoms with Crippen LogP contribution >= 0.6 is 0 Å². The number of imidazole rings is 1. The van der Waals surface area contributed by atoms with Gasteiger partial charge >= 0.3 is 0 Å². The zero-order valence-electron chi connectivity index (χ0n) is 14.4. The van der Waals surface area contributed by atoms with Crippen LogP contribution in [0.3, 0.4) is 0 Å². The quantitative estimate of drug-likeness (QED) is 0.608. The van der Waals surface area contributed by atoms with Gasteiger partial charge in [-0.15, -0.1) is 10.2 Å². The van der Waals surface area contributed by atoms with Gasteiger partial charge in [-0.1, -0.05) is 18.2 Å². The minimum Gasteiger partial charge on any atom is -0.346 e. The van der Waals surface area contributed by atoms with Gasteiger partial charge in [0.15, 0.2) is 0 Å². The number of fused-ring (bicyclic) bond motifs is 1. The SMILES string of the molecule is CC(Nc1ncc(-c2ccc3ncn(C)c3c2)nn1)c1ccc(F)cc1. The minimum absolute atomic E-state index is 0.0611. The van der Waals surface area contributed by atoms with E-state index in [1.807, 2.05) is 36.7 Å². The number of halogens is 1. The Hall–Kier alpha value is -3.35. The molecule has 2 heterocycles. The predicted molar refractivity (Wildman–Crippen MR) is 98.0 cm³/mol. The molecule has 2 aromatic carbocycles. The van der Waals surface area contributed by atoms with E-state index < -0.39 is 0 Å². The smallest absolute Gasteiger partial charge is 0.243 e. The fraction of sp³-hybridized carbons (Fsp3) is 0.158. The van der Waals surface area contributed by atoms with Crippen molar-refractivity contribution in [2.24, 2.45) is 7.05 Å². The zero-order chi connectivity index (χ0) is 18.1. The minimum atomic E-state index is -0.256. The molecule has 0 aliphatic rings. The summed E-state index contributed by atoms with van der Waals surface area (Å²) >= 11 is 0. The van der Waals surface area contributed by atoms with Crippen molar-refractivity contribution < 1.29 is 4.39 Å². The van der Waals surface area contributed by atoms with E-state index >= 15 is 0 Å². The average molecular weight is 348 g/mol. The highest BCUT2D eigenvalue weighted by Crippen LogP contribution is 2.22. The van der Waals surface area contributed by atoms with Crippen molar-refractivity contribution in [2.75, 3.05) is 5.32 Å². The molecule has 26 heavy (non-hydrogen) atoms. The number of aromatic nitrogens is 5. The Balaban J connectivity index is 1.54. The maximum Gasteiger partial charge on any atom is 0.243 e. The largest absolute Gasteiger partial charge is 0.346 e. The van der Waals surface area contributed by atoms with E-state index in [-0.39, 0.29) is 11.9 Å². The molecular formula is C19H17FN6. The molecule has 0 saturated carbocycles. The summed E-state index contributed by atoms with van der Waals surface area (Å²) in [5.41, 5.74) is 4.52. The Kier molecular flexibility index (Phi) is 4.04. The highest BCUT2D eigenvalue weighted by Gasteiger charge is 2.09. The molecule has 0 amide bonds. The van der Waals surface area contributed by atoms with Crippen LogP contribution in [0.4, 0.5) is 10.3 Å². The molecule has 130 valence electrons. The van der Waals surface area contributed by atoms with Crippen LogP contribution in [0.25, 0.3) is 22.3 Å². The molecule has 0 spiro atoms. The van der Waals surface area contributed by atoms with Gasteiger partial charge < -0.3 is 9.88 Å². The molecular weight excluding hydrogens is 331 g/mol. The van der Waals surface area contributed by atoms with Crippen LogP contribution in [0, 0.1) is 5.82 Å². The van der Waals surface area contributed by atoms with Crippen molar-refractivity contribution in [1.29, 1.82) is 0 Å². The summed E-state index contributed by atoms with van der Waals surface area (Å²) in [6.45, 7) is 1.96. The highest BCUT2D eigenvalue weighted by molar-refractivity contribution is 5.81. The topological polar surface area (TPSA) is 68.5 Å². The number of nitrogens with one attached hydrogen (secondary N) is 1. The molecule has 2 aromatic heterocycles. The van der Waals surface area contributed by atoms with E-state index in [2.05, 4.69) is 25.5 Å². The summed E-state index contributed by atoms with van der Waals surface area (Å²) in [6, 6.07) is 12.2. The molecule has 7 heteroatoms. The first-order valence-corrected chi connectivity index (χ1v) is 8.23. The standard InChI is InChI=1S/C19H17FN6/c1-12(13-3-6-15(20)7-4-13)23-19-21-10-17(24-25-19)14-5-8-16-18(9-14)26(2)11-22-16/h3-12H,1-2H3,(H,21,23,25). The van der Waals surface area contributed by atoms with Crippen molar-refractivity contribution >= 4 is 17.0 Å². The van der Waals surface area contributed by atoms with Gasteiger partial charge in [-0.2, -0.15) is 0 Å². The first kappa shape index (κ1) is 16.1. The normalized spacial score (nSPS) is 12.3. The molecule has 0 aliphatic carbocycles. The summed E-state index contributed by atoms with van der Waals surface area (Å²) in [6.07, 6.45) is 3.46. The van der Waals surface area contributed by atoms with Crippen LogP contribution in [0.2, 0.25) is 0 Å². The number of nitrogens with zero attached hydrogens (tertiary/aromatic N) is 5.